The molecular weight excluding hydrogens is 414 g/mol. The van der Waals surface area contributed by atoms with E-state index in [0.29, 0.717) is 52.8 Å². The van der Waals surface area contributed by atoms with Crippen LogP contribution in [0.1, 0.15) is 29.9 Å². The predicted octanol–water partition coefficient (Wildman–Crippen LogP) is 2.20. The maximum atomic E-state index is 13.0. The van der Waals surface area contributed by atoms with Gasteiger partial charge in [-0.1, -0.05) is 0 Å². The number of amides is 1. The van der Waals surface area contributed by atoms with Gasteiger partial charge in [0, 0.05) is 18.7 Å². The molecule has 11 heteroatoms. The molecule has 3 heterocycles. The molecule has 0 atom stereocenters. The lowest BCUT2D eigenvalue weighted by Crippen LogP contribution is -2.19. The minimum absolute atomic E-state index is 0.163. The van der Waals surface area contributed by atoms with E-state index in [0.717, 1.165) is 0 Å². The topological polar surface area (TPSA) is 129 Å². The highest BCUT2D eigenvalue weighted by atomic mass is 16.5. The molecule has 0 aliphatic carbocycles. The zero-order chi connectivity index (χ0) is 22.8. The van der Waals surface area contributed by atoms with Crippen LogP contribution in [0, 0.1) is 6.92 Å². The summed E-state index contributed by atoms with van der Waals surface area (Å²) in [5.41, 5.74) is 1.07. The molecule has 1 aromatic carbocycles. The van der Waals surface area contributed by atoms with Gasteiger partial charge in [-0.25, -0.2) is 0 Å². The molecule has 0 unspecified atom stereocenters. The maximum Gasteiger partial charge on any atom is 0.263 e. The summed E-state index contributed by atoms with van der Waals surface area (Å²) in [6, 6.07) is 6.65. The minimum Gasteiger partial charge on any atom is -0.490 e. The number of nitrogens with one attached hydrogen (secondary N) is 2. The molecule has 0 bridgehead atoms. The number of H-pyrrole nitrogens is 1. The Kier molecular flexibility index (Phi) is 5.63. The van der Waals surface area contributed by atoms with Crippen molar-refractivity contribution in [3.8, 4) is 17.4 Å². The van der Waals surface area contributed by atoms with Crippen LogP contribution >= 0.6 is 0 Å². The van der Waals surface area contributed by atoms with Crippen LogP contribution in [0.3, 0.4) is 0 Å². The molecule has 11 nitrogen and oxygen atoms in total. The fraction of sp³-hybridized carbons (Fsp3) is 0.286. The van der Waals surface area contributed by atoms with Crippen LogP contribution in [-0.4, -0.2) is 48.6 Å². The van der Waals surface area contributed by atoms with Gasteiger partial charge in [0.15, 0.2) is 17.1 Å². The van der Waals surface area contributed by atoms with E-state index in [9.17, 15) is 9.59 Å². The summed E-state index contributed by atoms with van der Waals surface area (Å²) in [5, 5.41) is 11.6. The number of hydrogen-bond donors (Lipinski definition) is 2. The number of rotatable bonds is 7. The molecule has 1 amide bonds. The average Bonchev–Trinajstić information content (AvgIpc) is 3.32. The molecule has 166 valence electrons. The van der Waals surface area contributed by atoms with Crippen molar-refractivity contribution in [1.29, 1.82) is 0 Å². The third kappa shape index (κ3) is 3.92. The number of nitrogens with zero attached hydrogens (tertiary/aromatic N) is 5. The lowest BCUT2D eigenvalue weighted by Gasteiger charge is -2.13. The van der Waals surface area contributed by atoms with Crippen LogP contribution in [0.15, 0.2) is 35.3 Å². The second-order valence-corrected chi connectivity index (χ2v) is 6.96. The molecule has 0 fully saturated rings. The Labute approximate surface area is 183 Å². The van der Waals surface area contributed by atoms with Crippen molar-refractivity contribution >= 4 is 22.8 Å². The molecule has 4 rings (SSSR count). The van der Waals surface area contributed by atoms with Crippen LogP contribution in [0.2, 0.25) is 0 Å². The van der Waals surface area contributed by atoms with E-state index in [1.54, 1.807) is 38.2 Å². The first-order chi connectivity index (χ1) is 15.4. The Morgan fingerprint density at radius 1 is 1.16 bits per heavy atom. The van der Waals surface area contributed by atoms with Gasteiger partial charge >= 0.3 is 0 Å². The number of aromatic amines is 1. The van der Waals surface area contributed by atoms with Crippen LogP contribution < -0.4 is 20.3 Å². The van der Waals surface area contributed by atoms with Gasteiger partial charge in [-0.2, -0.15) is 19.9 Å². The second-order valence-electron chi connectivity index (χ2n) is 6.96. The minimum atomic E-state index is -0.376. The monoisotopic (exact) mass is 437 g/mol. The summed E-state index contributed by atoms with van der Waals surface area (Å²) >= 11 is 0. The standard InChI is InChI=1S/C21H23N7O4/c1-5-31-15-8-7-13(10-16(15)32-6-2)19(29)23-17-9-12(3)26-28(17)21-24-18-14(20(30)25-21)11-22-27(18)4/h7-11H,5-6H2,1-4H3,(H,23,29)(H,24,25,30). The molecule has 0 aliphatic rings. The fourth-order valence-electron chi connectivity index (χ4n) is 3.25. The summed E-state index contributed by atoms with van der Waals surface area (Å²) in [7, 11) is 1.69. The molecule has 4 aromatic rings. The number of carbonyl (C=O) groups excluding carboxylic acids is 1. The molecule has 0 aliphatic heterocycles. The number of ether oxygens (including phenoxy) is 2. The maximum absolute atomic E-state index is 13.0. The van der Waals surface area contributed by atoms with E-state index in [-0.39, 0.29) is 17.4 Å². The second kappa shape index (κ2) is 8.53. The van der Waals surface area contributed by atoms with E-state index in [1.807, 2.05) is 13.8 Å². The Balaban J connectivity index is 1.68. The van der Waals surface area contributed by atoms with Crippen molar-refractivity contribution in [1.82, 2.24) is 29.5 Å². The normalized spacial score (nSPS) is 11.0. The first-order valence-electron chi connectivity index (χ1n) is 10.1. The van der Waals surface area contributed by atoms with Crippen molar-refractivity contribution in [3.63, 3.8) is 0 Å². The number of aromatic nitrogens is 6. The molecule has 32 heavy (non-hydrogen) atoms. The fourth-order valence-corrected chi connectivity index (χ4v) is 3.25. The first-order valence-corrected chi connectivity index (χ1v) is 10.1. The van der Waals surface area contributed by atoms with Crippen LogP contribution in [-0.2, 0) is 7.05 Å². The summed E-state index contributed by atoms with van der Waals surface area (Å²) in [6.07, 6.45) is 1.45. The Hall–Kier alpha value is -4.15. The SMILES string of the molecule is CCOc1ccc(C(=O)Nc2cc(C)nn2-c2nc3c(cnn3C)c(=O)[nH]2)cc1OCC. The van der Waals surface area contributed by atoms with Gasteiger partial charge in [0.25, 0.3) is 11.5 Å². The summed E-state index contributed by atoms with van der Waals surface area (Å²) in [6.45, 7) is 6.43. The lowest BCUT2D eigenvalue weighted by molar-refractivity contribution is 0.102. The molecule has 0 saturated carbocycles. The molecular formula is C21H23N7O4. The van der Waals surface area contributed by atoms with Crippen molar-refractivity contribution in [3.05, 3.63) is 52.1 Å². The Morgan fingerprint density at radius 3 is 2.66 bits per heavy atom. The molecule has 3 aromatic heterocycles. The van der Waals surface area contributed by atoms with Gasteiger partial charge in [-0.05, 0) is 39.0 Å². The van der Waals surface area contributed by atoms with E-state index in [4.69, 9.17) is 9.47 Å². The quantitative estimate of drug-likeness (QED) is 0.453. The lowest BCUT2D eigenvalue weighted by atomic mass is 10.2. The summed E-state index contributed by atoms with van der Waals surface area (Å²) < 4.78 is 14.0. The van der Waals surface area contributed by atoms with Gasteiger partial charge in [-0.15, -0.1) is 0 Å². The summed E-state index contributed by atoms with van der Waals surface area (Å²) in [5.74, 6) is 1.19. The van der Waals surface area contributed by atoms with Crippen LogP contribution in [0.4, 0.5) is 5.82 Å². The molecule has 2 N–H and O–H groups in total. The third-order valence-electron chi connectivity index (χ3n) is 4.67. The van der Waals surface area contributed by atoms with E-state index < -0.39 is 0 Å². The van der Waals surface area contributed by atoms with Gasteiger partial charge in [0.05, 0.1) is 25.1 Å². The number of anilines is 1. The molecule has 0 spiro atoms. The highest BCUT2D eigenvalue weighted by molar-refractivity contribution is 6.04. The third-order valence-corrected chi connectivity index (χ3v) is 4.67. The van der Waals surface area contributed by atoms with Crippen LogP contribution in [0.25, 0.3) is 17.0 Å². The Morgan fingerprint density at radius 2 is 1.91 bits per heavy atom. The molecule has 0 saturated heterocycles. The van der Waals surface area contributed by atoms with E-state index in [2.05, 4.69) is 25.5 Å². The number of fused-ring (bicyclic) bond motifs is 1. The van der Waals surface area contributed by atoms with Crippen molar-refractivity contribution in [2.45, 2.75) is 20.8 Å². The highest BCUT2D eigenvalue weighted by Gasteiger charge is 2.17. The van der Waals surface area contributed by atoms with Crippen molar-refractivity contribution in [2.75, 3.05) is 18.5 Å². The summed E-state index contributed by atoms with van der Waals surface area (Å²) in [4.78, 5) is 32.5. The van der Waals surface area contributed by atoms with E-state index >= 15 is 0 Å². The number of benzene rings is 1. The zero-order valence-corrected chi connectivity index (χ0v) is 18.2. The van der Waals surface area contributed by atoms with Crippen molar-refractivity contribution < 1.29 is 14.3 Å². The van der Waals surface area contributed by atoms with Gasteiger partial charge in [0.1, 0.15) is 11.2 Å². The first kappa shape index (κ1) is 21.1. The largest absolute Gasteiger partial charge is 0.490 e. The number of carbonyl (C=O) groups is 1. The van der Waals surface area contributed by atoms with Crippen molar-refractivity contribution in [2.24, 2.45) is 7.05 Å². The average molecular weight is 437 g/mol. The number of hydrogen-bond acceptors (Lipinski definition) is 7. The predicted molar refractivity (Wildman–Crippen MR) is 118 cm³/mol. The zero-order valence-electron chi connectivity index (χ0n) is 18.2. The smallest absolute Gasteiger partial charge is 0.263 e. The molecule has 0 radical (unpaired) electrons. The van der Waals surface area contributed by atoms with Gasteiger partial charge in [0.2, 0.25) is 5.95 Å². The number of aryl methyl sites for hydroxylation is 2. The van der Waals surface area contributed by atoms with Crippen LogP contribution in [0.5, 0.6) is 11.5 Å². The van der Waals surface area contributed by atoms with Gasteiger partial charge in [-0.3, -0.25) is 19.3 Å². The van der Waals surface area contributed by atoms with Gasteiger partial charge < -0.3 is 14.8 Å². The van der Waals surface area contributed by atoms with E-state index in [1.165, 1.54) is 15.6 Å². The highest BCUT2D eigenvalue weighted by Crippen LogP contribution is 2.29. The Bertz CT molecular complexity index is 1350.